The number of hydrogen-bond acceptors (Lipinski definition) is 4. The molecule has 2 aromatic carbocycles. The Balaban J connectivity index is 1.56. The first kappa shape index (κ1) is 19.8. The predicted octanol–water partition coefficient (Wildman–Crippen LogP) is 3.73. The Morgan fingerprint density at radius 3 is 2.46 bits per heavy atom. The van der Waals surface area contributed by atoms with E-state index >= 15 is 0 Å². The molecule has 1 aromatic heterocycles. The maximum Gasteiger partial charge on any atom is 0.240 e. The first-order valence-corrected chi connectivity index (χ1v) is 9.53. The molecule has 0 atom stereocenters. The molecule has 28 heavy (non-hydrogen) atoms. The third-order valence-electron chi connectivity index (χ3n) is 4.26. The Labute approximate surface area is 169 Å². The fraction of sp³-hybridized carbons (Fsp3) is 0.286. The zero-order valence-corrected chi connectivity index (χ0v) is 17.1. The maximum absolute atomic E-state index is 12.3. The van der Waals surface area contributed by atoms with E-state index < -0.39 is 0 Å². The number of carbonyl (C=O) groups is 1. The van der Waals surface area contributed by atoms with Crippen molar-refractivity contribution < 1.29 is 9.53 Å². The van der Waals surface area contributed by atoms with Gasteiger partial charge in [0, 0.05) is 5.56 Å². The lowest BCUT2D eigenvalue weighted by Crippen LogP contribution is -2.31. The lowest BCUT2D eigenvalue weighted by Gasteiger charge is -2.10. The number of aromatic nitrogens is 3. The van der Waals surface area contributed by atoms with Crippen LogP contribution >= 0.6 is 12.2 Å². The molecule has 0 bridgehead atoms. The third-order valence-corrected chi connectivity index (χ3v) is 4.57. The van der Waals surface area contributed by atoms with Gasteiger partial charge in [0.1, 0.15) is 18.9 Å². The number of amides is 1. The van der Waals surface area contributed by atoms with Crippen LogP contribution in [-0.4, -0.2) is 33.8 Å². The van der Waals surface area contributed by atoms with Gasteiger partial charge in [-0.1, -0.05) is 35.9 Å². The van der Waals surface area contributed by atoms with Crippen LogP contribution in [-0.2, 0) is 11.3 Å². The molecule has 0 saturated heterocycles. The number of hydrogen-bond donors (Lipinski definition) is 2. The number of nitrogens with one attached hydrogen (secondary N) is 2. The van der Waals surface area contributed by atoms with Gasteiger partial charge in [0.25, 0.3) is 0 Å². The van der Waals surface area contributed by atoms with Gasteiger partial charge in [-0.25, -0.2) is 0 Å². The molecule has 3 aromatic rings. The summed E-state index contributed by atoms with van der Waals surface area (Å²) in [6, 6.07) is 14.0. The number of benzene rings is 2. The van der Waals surface area contributed by atoms with Gasteiger partial charge in [-0.05, 0) is 56.2 Å². The van der Waals surface area contributed by atoms with Gasteiger partial charge in [-0.3, -0.25) is 14.5 Å². The zero-order chi connectivity index (χ0) is 20.1. The summed E-state index contributed by atoms with van der Waals surface area (Å²) in [7, 11) is 0. The molecule has 0 saturated carbocycles. The van der Waals surface area contributed by atoms with Gasteiger partial charge in [0.15, 0.2) is 10.6 Å². The fourth-order valence-corrected chi connectivity index (χ4v) is 3.16. The Morgan fingerprint density at radius 1 is 1.11 bits per heavy atom. The number of aromatic amines is 1. The van der Waals surface area contributed by atoms with Gasteiger partial charge in [0.05, 0.1) is 6.54 Å². The van der Waals surface area contributed by atoms with Crippen molar-refractivity contribution in [2.75, 3.05) is 13.2 Å². The van der Waals surface area contributed by atoms with Crippen LogP contribution in [0.5, 0.6) is 5.75 Å². The smallest absolute Gasteiger partial charge is 0.240 e. The minimum absolute atomic E-state index is 0.0993. The van der Waals surface area contributed by atoms with Crippen molar-refractivity contribution in [1.29, 1.82) is 0 Å². The molecule has 0 fully saturated rings. The van der Waals surface area contributed by atoms with Crippen molar-refractivity contribution in [3.8, 4) is 17.1 Å². The Kier molecular flexibility index (Phi) is 6.26. The average Bonchev–Trinajstić information content (AvgIpc) is 2.99. The summed E-state index contributed by atoms with van der Waals surface area (Å²) in [6.07, 6.45) is 0. The van der Waals surface area contributed by atoms with Crippen LogP contribution in [0.15, 0.2) is 42.5 Å². The van der Waals surface area contributed by atoms with Crippen LogP contribution in [0.3, 0.4) is 0 Å². The van der Waals surface area contributed by atoms with Crippen LogP contribution in [0, 0.1) is 25.5 Å². The summed E-state index contributed by atoms with van der Waals surface area (Å²) in [4.78, 5) is 12.3. The maximum atomic E-state index is 12.3. The van der Waals surface area contributed by atoms with Crippen molar-refractivity contribution in [3.63, 3.8) is 0 Å². The first-order valence-electron chi connectivity index (χ1n) is 9.12. The Bertz CT molecular complexity index is 1000. The topological polar surface area (TPSA) is 71.9 Å². The van der Waals surface area contributed by atoms with E-state index in [4.69, 9.17) is 17.0 Å². The van der Waals surface area contributed by atoms with E-state index in [0.717, 1.165) is 28.0 Å². The monoisotopic (exact) mass is 396 g/mol. The Hall–Kier alpha value is -2.93. The van der Waals surface area contributed by atoms with E-state index in [1.165, 1.54) is 0 Å². The number of aryl methyl sites for hydroxylation is 3. The lowest BCUT2D eigenvalue weighted by atomic mass is 10.1. The second-order valence-electron chi connectivity index (χ2n) is 6.83. The SMILES string of the molecule is Cc1ccc(-c2n[nH]c(=S)n2CC(=O)NCCOc2cc(C)cc(C)c2)cc1. The molecule has 0 spiro atoms. The largest absolute Gasteiger partial charge is 0.492 e. The third kappa shape index (κ3) is 5.07. The number of H-pyrrole nitrogens is 1. The molecule has 0 unspecified atom stereocenters. The minimum atomic E-state index is -0.144. The normalized spacial score (nSPS) is 10.7. The van der Waals surface area contributed by atoms with Crippen molar-refractivity contribution in [3.05, 3.63) is 63.9 Å². The van der Waals surface area contributed by atoms with Gasteiger partial charge in [-0.2, -0.15) is 5.10 Å². The average molecular weight is 397 g/mol. The van der Waals surface area contributed by atoms with Crippen molar-refractivity contribution in [2.24, 2.45) is 0 Å². The van der Waals surface area contributed by atoms with Gasteiger partial charge in [0.2, 0.25) is 5.91 Å². The van der Waals surface area contributed by atoms with E-state index in [9.17, 15) is 4.79 Å². The van der Waals surface area contributed by atoms with E-state index in [-0.39, 0.29) is 12.5 Å². The quantitative estimate of drug-likeness (QED) is 0.472. The highest BCUT2D eigenvalue weighted by Gasteiger charge is 2.12. The molecule has 6 nitrogen and oxygen atoms in total. The van der Waals surface area contributed by atoms with E-state index in [1.54, 1.807) is 4.57 Å². The molecule has 0 radical (unpaired) electrons. The van der Waals surface area contributed by atoms with Crippen molar-refractivity contribution >= 4 is 18.1 Å². The number of ether oxygens (including phenoxy) is 1. The summed E-state index contributed by atoms with van der Waals surface area (Å²) in [5.74, 6) is 1.31. The molecule has 0 aliphatic heterocycles. The standard InChI is InChI=1S/C21H24N4O2S/c1-14-4-6-17(7-5-14)20-23-24-21(28)25(20)13-19(26)22-8-9-27-18-11-15(2)10-16(3)12-18/h4-7,10-12H,8-9,13H2,1-3H3,(H,22,26)(H,24,28). The van der Waals surface area contributed by atoms with Crippen LogP contribution in [0.4, 0.5) is 0 Å². The summed E-state index contributed by atoms with van der Waals surface area (Å²) in [5.41, 5.74) is 4.36. The molecule has 0 aliphatic carbocycles. The van der Waals surface area contributed by atoms with Crippen LogP contribution in [0.1, 0.15) is 16.7 Å². The molecule has 1 amide bonds. The van der Waals surface area contributed by atoms with E-state index in [1.807, 2.05) is 57.2 Å². The molecule has 7 heteroatoms. The molecule has 0 aliphatic rings. The number of rotatable bonds is 7. The minimum Gasteiger partial charge on any atom is -0.492 e. The first-order chi connectivity index (χ1) is 13.4. The fourth-order valence-electron chi connectivity index (χ4n) is 2.96. The second kappa shape index (κ2) is 8.84. The Morgan fingerprint density at radius 2 is 1.79 bits per heavy atom. The van der Waals surface area contributed by atoms with Crippen molar-refractivity contribution in [1.82, 2.24) is 20.1 Å². The summed E-state index contributed by atoms with van der Waals surface area (Å²) >= 11 is 5.28. The molecule has 2 N–H and O–H groups in total. The van der Waals surface area contributed by atoms with Crippen LogP contribution in [0.2, 0.25) is 0 Å². The molecular formula is C21H24N4O2S. The summed E-state index contributed by atoms with van der Waals surface area (Å²) in [5, 5.41) is 9.89. The molecule has 3 rings (SSSR count). The molecule has 1 heterocycles. The molecular weight excluding hydrogens is 372 g/mol. The van der Waals surface area contributed by atoms with Crippen molar-refractivity contribution in [2.45, 2.75) is 27.3 Å². The highest BCUT2D eigenvalue weighted by Crippen LogP contribution is 2.18. The van der Waals surface area contributed by atoms with Gasteiger partial charge in [-0.15, -0.1) is 0 Å². The highest BCUT2D eigenvalue weighted by molar-refractivity contribution is 7.71. The van der Waals surface area contributed by atoms with Crippen LogP contribution < -0.4 is 10.1 Å². The summed E-state index contributed by atoms with van der Waals surface area (Å²) in [6.45, 7) is 6.99. The number of carbonyl (C=O) groups excluding carboxylic acids is 1. The predicted molar refractivity (Wildman–Crippen MR) is 112 cm³/mol. The van der Waals surface area contributed by atoms with Gasteiger partial charge < -0.3 is 10.1 Å². The second-order valence-corrected chi connectivity index (χ2v) is 7.21. The van der Waals surface area contributed by atoms with Crippen LogP contribution in [0.25, 0.3) is 11.4 Å². The van der Waals surface area contributed by atoms with E-state index in [2.05, 4.69) is 21.6 Å². The number of nitrogens with zero attached hydrogens (tertiary/aromatic N) is 2. The van der Waals surface area contributed by atoms with E-state index in [0.29, 0.717) is 23.7 Å². The van der Waals surface area contributed by atoms with Gasteiger partial charge >= 0.3 is 0 Å². The highest BCUT2D eigenvalue weighted by atomic mass is 32.1. The molecule has 146 valence electrons. The zero-order valence-electron chi connectivity index (χ0n) is 16.3. The summed E-state index contributed by atoms with van der Waals surface area (Å²) < 4.78 is 7.83. The lowest BCUT2D eigenvalue weighted by molar-refractivity contribution is -0.121.